The Kier molecular flexibility index (Phi) is 3.81. The number of alkyl halides is 3. The van der Waals surface area contributed by atoms with Crippen LogP contribution in [0.2, 0.25) is 0 Å². The van der Waals surface area contributed by atoms with Gasteiger partial charge in [-0.25, -0.2) is 0 Å². The van der Waals surface area contributed by atoms with Crippen LogP contribution >= 0.6 is 0 Å². The monoisotopic (exact) mass is 210 g/mol. The van der Waals surface area contributed by atoms with E-state index >= 15 is 0 Å². The van der Waals surface area contributed by atoms with Crippen LogP contribution in [0, 0.1) is 17.8 Å². The summed E-state index contributed by atoms with van der Waals surface area (Å²) in [5, 5.41) is 0. The van der Waals surface area contributed by atoms with Crippen LogP contribution in [0.15, 0.2) is 0 Å². The van der Waals surface area contributed by atoms with E-state index < -0.39 is 18.7 Å². The molecular weight excluding hydrogens is 193 g/mol. The molecule has 3 atom stereocenters. The molecule has 1 aliphatic carbocycles. The Morgan fingerprint density at radius 2 is 1.93 bits per heavy atom. The quantitative estimate of drug-likeness (QED) is 0.694. The van der Waals surface area contributed by atoms with Gasteiger partial charge in [0.2, 0.25) is 0 Å². The van der Waals surface area contributed by atoms with Crippen LogP contribution in [0.1, 0.15) is 26.2 Å². The number of hydrogen-bond donors (Lipinski definition) is 0. The van der Waals surface area contributed by atoms with E-state index in [1.54, 1.807) is 0 Å². The summed E-state index contributed by atoms with van der Waals surface area (Å²) in [6, 6.07) is 0. The Morgan fingerprint density at radius 1 is 1.29 bits per heavy atom. The van der Waals surface area contributed by atoms with Gasteiger partial charge in [-0.2, -0.15) is 8.78 Å². The smallest absolute Gasteiger partial charge is 0.324 e. The van der Waals surface area contributed by atoms with Crippen LogP contribution in [0.4, 0.5) is 13.2 Å². The summed E-state index contributed by atoms with van der Waals surface area (Å²) in [5.41, 5.74) is 0. The van der Waals surface area contributed by atoms with Crippen molar-refractivity contribution in [3.05, 3.63) is 0 Å². The van der Waals surface area contributed by atoms with Crippen molar-refractivity contribution in [2.75, 3.05) is 13.8 Å². The van der Waals surface area contributed by atoms with Crippen molar-refractivity contribution in [2.24, 2.45) is 17.8 Å². The second-order valence-corrected chi connectivity index (χ2v) is 4.30. The third kappa shape index (κ3) is 2.62. The van der Waals surface area contributed by atoms with Crippen LogP contribution < -0.4 is 0 Å². The summed E-state index contributed by atoms with van der Waals surface area (Å²) in [6.07, 6.45) is -1.71. The lowest BCUT2D eigenvalue weighted by Gasteiger charge is -2.35. The SMILES string of the molecule is COC(F)(F)C1CC(C)CC(CF)C1. The van der Waals surface area contributed by atoms with Gasteiger partial charge in [-0.1, -0.05) is 6.92 Å². The highest BCUT2D eigenvalue weighted by molar-refractivity contribution is 4.81. The van der Waals surface area contributed by atoms with E-state index in [0.717, 1.165) is 7.11 Å². The number of ether oxygens (including phenoxy) is 1. The lowest BCUT2D eigenvalue weighted by atomic mass is 9.76. The highest BCUT2D eigenvalue weighted by Gasteiger charge is 2.44. The predicted molar refractivity (Wildman–Crippen MR) is 47.9 cm³/mol. The van der Waals surface area contributed by atoms with Gasteiger partial charge in [-0.15, -0.1) is 0 Å². The van der Waals surface area contributed by atoms with Crippen molar-refractivity contribution in [2.45, 2.75) is 32.3 Å². The Bertz CT molecular complexity index is 184. The molecule has 0 amide bonds. The first-order valence-electron chi connectivity index (χ1n) is 4.98. The standard InChI is InChI=1S/C10H17F3O/c1-7-3-8(6-11)5-9(4-7)10(12,13)14-2/h7-9H,3-6H2,1-2H3. The molecule has 0 heterocycles. The topological polar surface area (TPSA) is 9.23 Å². The van der Waals surface area contributed by atoms with E-state index in [2.05, 4.69) is 4.74 Å². The van der Waals surface area contributed by atoms with Gasteiger partial charge in [0.1, 0.15) is 0 Å². The molecule has 0 aromatic heterocycles. The number of rotatable bonds is 3. The summed E-state index contributed by atoms with van der Waals surface area (Å²) in [5.74, 6) is -0.878. The Balaban J connectivity index is 2.61. The molecule has 84 valence electrons. The molecule has 0 radical (unpaired) electrons. The largest absolute Gasteiger partial charge is 0.358 e. The fourth-order valence-corrected chi connectivity index (χ4v) is 2.31. The maximum atomic E-state index is 13.2. The molecule has 1 rings (SSSR count). The highest BCUT2D eigenvalue weighted by Crippen LogP contribution is 2.41. The normalized spacial score (nSPS) is 34.5. The lowest BCUT2D eigenvalue weighted by molar-refractivity contribution is -0.266. The fraction of sp³-hybridized carbons (Fsp3) is 1.00. The first kappa shape index (κ1) is 11.8. The third-order valence-electron chi connectivity index (χ3n) is 3.01. The molecule has 0 N–H and O–H groups in total. The van der Waals surface area contributed by atoms with Crippen molar-refractivity contribution in [1.29, 1.82) is 0 Å². The summed E-state index contributed by atoms with van der Waals surface area (Å²) in [6.45, 7) is 1.39. The van der Waals surface area contributed by atoms with Crippen LogP contribution in [0.5, 0.6) is 0 Å². The van der Waals surface area contributed by atoms with Crippen LogP contribution in [0.3, 0.4) is 0 Å². The number of methoxy groups -OCH3 is 1. The maximum absolute atomic E-state index is 13.2. The molecule has 0 aliphatic heterocycles. The molecule has 4 heteroatoms. The Morgan fingerprint density at radius 3 is 2.43 bits per heavy atom. The van der Waals surface area contributed by atoms with E-state index in [-0.39, 0.29) is 18.3 Å². The average molecular weight is 210 g/mol. The van der Waals surface area contributed by atoms with Gasteiger partial charge in [-0.05, 0) is 31.1 Å². The van der Waals surface area contributed by atoms with Crippen molar-refractivity contribution in [3.63, 3.8) is 0 Å². The predicted octanol–water partition coefficient (Wildman–Crippen LogP) is 3.25. The number of hydrogen-bond acceptors (Lipinski definition) is 1. The van der Waals surface area contributed by atoms with Crippen molar-refractivity contribution in [3.8, 4) is 0 Å². The average Bonchev–Trinajstić information content (AvgIpc) is 2.16. The minimum Gasteiger partial charge on any atom is -0.324 e. The lowest BCUT2D eigenvalue weighted by Crippen LogP contribution is -2.37. The molecule has 0 spiro atoms. The van der Waals surface area contributed by atoms with E-state index in [9.17, 15) is 13.2 Å². The second-order valence-electron chi connectivity index (χ2n) is 4.30. The van der Waals surface area contributed by atoms with Gasteiger partial charge in [0.15, 0.2) is 0 Å². The molecule has 0 bridgehead atoms. The van der Waals surface area contributed by atoms with Crippen LogP contribution in [-0.2, 0) is 4.74 Å². The van der Waals surface area contributed by atoms with E-state index in [4.69, 9.17) is 0 Å². The summed E-state index contributed by atoms with van der Waals surface area (Å²) in [4.78, 5) is 0. The molecule has 1 nitrogen and oxygen atoms in total. The molecule has 0 aromatic carbocycles. The molecule has 1 aliphatic rings. The van der Waals surface area contributed by atoms with E-state index in [1.165, 1.54) is 0 Å². The molecular formula is C10H17F3O. The Hall–Kier alpha value is -0.250. The summed E-state index contributed by atoms with van der Waals surface area (Å²) < 4.78 is 42.9. The van der Waals surface area contributed by atoms with Gasteiger partial charge in [-0.3, -0.25) is 4.39 Å². The fourth-order valence-electron chi connectivity index (χ4n) is 2.31. The van der Waals surface area contributed by atoms with E-state index in [0.29, 0.717) is 12.8 Å². The zero-order valence-corrected chi connectivity index (χ0v) is 8.60. The van der Waals surface area contributed by atoms with Gasteiger partial charge in [0, 0.05) is 7.11 Å². The second kappa shape index (κ2) is 4.51. The first-order valence-corrected chi connectivity index (χ1v) is 4.98. The zero-order chi connectivity index (χ0) is 10.8. The molecule has 3 unspecified atom stereocenters. The van der Waals surface area contributed by atoms with E-state index in [1.807, 2.05) is 6.92 Å². The van der Waals surface area contributed by atoms with Crippen LogP contribution in [-0.4, -0.2) is 19.9 Å². The summed E-state index contributed by atoms with van der Waals surface area (Å²) in [7, 11) is 1.00. The molecule has 1 fully saturated rings. The summed E-state index contributed by atoms with van der Waals surface area (Å²) >= 11 is 0. The minimum atomic E-state index is -3.10. The first-order chi connectivity index (χ1) is 6.49. The maximum Gasteiger partial charge on any atom is 0.358 e. The Labute approximate surface area is 82.6 Å². The molecule has 0 aromatic rings. The number of halogens is 3. The molecule has 0 saturated heterocycles. The third-order valence-corrected chi connectivity index (χ3v) is 3.01. The highest BCUT2D eigenvalue weighted by atomic mass is 19.3. The zero-order valence-electron chi connectivity index (χ0n) is 8.60. The van der Waals surface area contributed by atoms with Gasteiger partial charge in [0.25, 0.3) is 0 Å². The van der Waals surface area contributed by atoms with Crippen molar-refractivity contribution >= 4 is 0 Å². The van der Waals surface area contributed by atoms with Crippen LogP contribution in [0.25, 0.3) is 0 Å². The van der Waals surface area contributed by atoms with Gasteiger partial charge < -0.3 is 4.74 Å². The molecule has 1 saturated carbocycles. The van der Waals surface area contributed by atoms with Crippen molar-refractivity contribution in [1.82, 2.24) is 0 Å². The minimum absolute atomic E-state index is 0.163. The van der Waals surface area contributed by atoms with Crippen molar-refractivity contribution < 1.29 is 17.9 Å². The van der Waals surface area contributed by atoms with Gasteiger partial charge >= 0.3 is 6.11 Å². The molecule has 14 heavy (non-hydrogen) atoms. The van der Waals surface area contributed by atoms with Gasteiger partial charge in [0.05, 0.1) is 12.6 Å².